The molecule has 5 heteroatoms. The van der Waals surface area contributed by atoms with Crippen molar-refractivity contribution in [2.24, 2.45) is 0 Å². The molecule has 0 saturated carbocycles. The van der Waals surface area contributed by atoms with Crippen LogP contribution in [-0.4, -0.2) is 27.5 Å². The van der Waals surface area contributed by atoms with E-state index in [1.165, 1.54) is 5.56 Å². The van der Waals surface area contributed by atoms with Crippen LogP contribution in [0.25, 0.3) is 10.9 Å². The Balaban J connectivity index is 1.64. The maximum atomic E-state index is 12.8. The molecule has 0 aliphatic carbocycles. The van der Waals surface area contributed by atoms with E-state index in [4.69, 9.17) is 4.98 Å². The van der Waals surface area contributed by atoms with Crippen molar-refractivity contribution in [3.63, 3.8) is 0 Å². The van der Waals surface area contributed by atoms with Crippen molar-refractivity contribution in [1.82, 2.24) is 14.5 Å². The number of hydrogen-bond acceptors (Lipinski definition) is 3. The van der Waals surface area contributed by atoms with Crippen molar-refractivity contribution in [3.8, 4) is 0 Å². The number of rotatable bonds is 2. The Morgan fingerprint density at radius 3 is 2.71 bits per heavy atom. The topological polar surface area (TPSA) is 38.1 Å². The molecule has 3 aromatic rings. The summed E-state index contributed by atoms with van der Waals surface area (Å²) in [5.74, 6) is 0.894. The van der Waals surface area contributed by atoms with Gasteiger partial charge in [0.25, 0.3) is 5.56 Å². The van der Waals surface area contributed by atoms with E-state index in [9.17, 15) is 4.79 Å². The third-order valence-corrected chi connectivity index (χ3v) is 5.03. The molecule has 2 aromatic carbocycles. The molecular formula is C19H18BrN3O. The highest BCUT2D eigenvalue weighted by Gasteiger charge is 2.17. The van der Waals surface area contributed by atoms with Gasteiger partial charge in [-0.05, 0) is 23.8 Å². The predicted octanol–water partition coefficient (Wildman–Crippen LogP) is 3.22. The Bertz CT molecular complexity index is 936. The highest BCUT2D eigenvalue weighted by Crippen LogP contribution is 2.17. The summed E-state index contributed by atoms with van der Waals surface area (Å²) in [6.45, 7) is 3.39. The van der Waals surface area contributed by atoms with E-state index in [-0.39, 0.29) is 5.56 Å². The van der Waals surface area contributed by atoms with Crippen LogP contribution in [0.5, 0.6) is 0 Å². The van der Waals surface area contributed by atoms with Gasteiger partial charge < -0.3 is 0 Å². The first kappa shape index (κ1) is 15.5. The summed E-state index contributed by atoms with van der Waals surface area (Å²) in [5.41, 5.74) is 2.15. The molecule has 1 aromatic heterocycles. The molecule has 0 atom stereocenters. The van der Waals surface area contributed by atoms with Crippen LogP contribution < -0.4 is 5.56 Å². The minimum absolute atomic E-state index is 0.0675. The van der Waals surface area contributed by atoms with E-state index in [1.807, 2.05) is 28.8 Å². The van der Waals surface area contributed by atoms with Crippen LogP contribution in [0.1, 0.15) is 11.4 Å². The summed E-state index contributed by atoms with van der Waals surface area (Å²) in [4.78, 5) is 20.0. The fourth-order valence-electron chi connectivity index (χ4n) is 3.27. The van der Waals surface area contributed by atoms with Gasteiger partial charge in [0.05, 0.1) is 10.9 Å². The van der Waals surface area contributed by atoms with Crippen LogP contribution in [-0.2, 0) is 19.5 Å². The van der Waals surface area contributed by atoms with Gasteiger partial charge in [-0.25, -0.2) is 4.98 Å². The largest absolute Gasteiger partial charge is 0.297 e. The van der Waals surface area contributed by atoms with Crippen molar-refractivity contribution in [2.45, 2.75) is 19.5 Å². The molecule has 0 unspecified atom stereocenters. The molecule has 0 N–H and O–H groups in total. The molecule has 4 nitrogen and oxygen atoms in total. The summed E-state index contributed by atoms with van der Waals surface area (Å²) in [7, 11) is 0. The van der Waals surface area contributed by atoms with Gasteiger partial charge in [-0.2, -0.15) is 0 Å². The first-order chi connectivity index (χ1) is 11.7. The van der Waals surface area contributed by atoms with E-state index in [2.05, 4.69) is 45.1 Å². The number of aromatic nitrogens is 2. The molecule has 2 heterocycles. The lowest BCUT2D eigenvalue weighted by Gasteiger charge is -2.19. The molecule has 1 aliphatic rings. The van der Waals surface area contributed by atoms with Gasteiger partial charge in [0.15, 0.2) is 0 Å². The lowest BCUT2D eigenvalue weighted by atomic mass is 10.2. The summed E-state index contributed by atoms with van der Waals surface area (Å²) in [5, 5.41) is 0.685. The molecular weight excluding hydrogens is 366 g/mol. The molecule has 0 fully saturated rings. The van der Waals surface area contributed by atoms with Crippen molar-refractivity contribution < 1.29 is 0 Å². The van der Waals surface area contributed by atoms with Crippen LogP contribution in [0.3, 0.4) is 0 Å². The van der Waals surface area contributed by atoms with Crippen molar-refractivity contribution >= 4 is 26.8 Å². The quantitative estimate of drug-likeness (QED) is 0.681. The van der Waals surface area contributed by atoms with Gasteiger partial charge in [0, 0.05) is 37.1 Å². The fourth-order valence-corrected chi connectivity index (χ4v) is 3.63. The Hall–Kier alpha value is -1.98. The standard InChI is InChI=1S/C19H18BrN3O/c20-15-6-7-17-16(12-15)19(24)23-11-10-22(9-8-18(23)21-17)13-14-4-2-1-3-5-14/h1-7,12H,8-11,13H2. The zero-order valence-electron chi connectivity index (χ0n) is 13.3. The zero-order chi connectivity index (χ0) is 16.5. The van der Waals surface area contributed by atoms with Crippen LogP contribution in [0.2, 0.25) is 0 Å². The number of hydrogen-bond donors (Lipinski definition) is 0. The van der Waals surface area contributed by atoms with Crippen LogP contribution in [0, 0.1) is 0 Å². The molecule has 0 amide bonds. The van der Waals surface area contributed by atoms with Crippen LogP contribution in [0.4, 0.5) is 0 Å². The van der Waals surface area contributed by atoms with E-state index in [0.29, 0.717) is 11.9 Å². The smallest absolute Gasteiger partial charge is 0.261 e. The van der Waals surface area contributed by atoms with E-state index in [1.54, 1.807) is 0 Å². The molecule has 1 aliphatic heterocycles. The first-order valence-corrected chi connectivity index (χ1v) is 8.95. The third-order valence-electron chi connectivity index (χ3n) is 4.54. The monoisotopic (exact) mass is 383 g/mol. The number of halogens is 1. The fraction of sp³-hybridized carbons (Fsp3) is 0.263. The Morgan fingerprint density at radius 1 is 1.04 bits per heavy atom. The normalized spacial score (nSPS) is 15.2. The number of fused-ring (bicyclic) bond motifs is 2. The van der Waals surface area contributed by atoms with Crippen molar-refractivity contribution in [3.05, 3.63) is 74.7 Å². The van der Waals surface area contributed by atoms with E-state index >= 15 is 0 Å². The summed E-state index contributed by atoms with van der Waals surface area (Å²) in [6, 6.07) is 16.2. The molecule has 24 heavy (non-hydrogen) atoms. The molecule has 0 saturated heterocycles. The van der Waals surface area contributed by atoms with Gasteiger partial charge in [-0.1, -0.05) is 46.3 Å². The second-order valence-corrected chi connectivity index (χ2v) is 7.07. The van der Waals surface area contributed by atoms with E-state index < -0.39 is 0 Å². The lowest BCUT2D eigenvalue weighted by molar-refractivity contribution is 0.271. The number of nitrogens with zero attached hydrogens (tertiary/aromatic N) is 3. The summed E-state index contributed by atoms with van der Waals surface area (Å²) in [6.07, 6.45) is 0.800. The average molecular weight is 384 g/mol. The SMILES string of the molecule is O=c1c2cc(Br)ccc2nc2n1CCN(Cc1ccccc1)CC2. The second-order valence-electron chi connectivity index (χ2n) is 6.16. The maximum Gasteiger partial charge on any atom is 0.261 e. The predicted molar refractivity (Wildman–Crippen MR) is 99.1 cm³/mol. The first-order valence-electron chi connectivity index (χ1n) is 8.16. The highest BCUT2D eigenvalue weighted by molar-refractivity contribution is 9.10. The maximum absolute atomic E-state index is 12.8. The number of benzene rings is 2. The van der Waals surface area contributed by atoms with E-state index in [0.717, 1.165) is 41.9 Å². The van der Waals surface area contributed by atoms with Crippen molar-refractivity contribution in [1.29, 1.82) is 0 Å². The zero-order valence-corrected chi connectivity index (χ0v) is 14.9. The van der Waals surface area contributed by atoms with Gasteiger partial charge >= 0.3 is 0 Å². The summed E-state index contributed by atoms with van der Waals surface area (Å²) < 4.78 is 2.76. The third kappa shape index (κ3) is 3.01. The summed E-state index contributed by atoms with van der Waals surface area (Å²) >= 11 is 3.44. The van der Waals surface area contributed by atoms with Crippen molar-refractivity contribution in [2.75, 3.05) is 13.1 Å². The molecule has 4 rings (SSSR count). The highest BCUT2D eigenvalue weighted by atomic mass is 79.9. The molecule has 0 bridgehead atoms. The molecule has 0 spiro atoms. The Kier molecular flexibility index (Phi) is 4.21. The molecule has 0 radical (unpaired) electrons. The minimum Gasteiger partial charge on any atom is -0.297 e. The van der Waals surface area contributed by atoms with Crippen LogP contribution >= 0.6 is 15.9 Å². The minimum atomic E-state index is 0.0675. The van der Waals surface area contributed by atoms with Gasteiger partial charge in [-0.15, -0.1) is 0 Å². The van der Waals surface area contributed by atoms with Gasteiger partial charge in [0.2, 0.25) is 0 Å². The second kappa shape index (κ2) is 6.49. The molecule has 122 valence electrons. The van der Waals surface area contributed by atoms with Gasteiger partial charge in [-0.3, -0.25) is 14.3 Å². The van der Waals surface area contributed by atoms with Gasteiger partial charge in [0.1, 0.15) is 5.82 Å². The Labute approximate surface area is 148 Å². The lowest BCUT2D eigenvalue weighted by Crippen LogP contribution is -2.28. The Morgan fingerprint density at radius 2 is 1.88 bits per heavy atom. The van der Waals surface area contributed by atoms with Crippen LogP contribution in [0.15, 0.2) is 57.8 Å². The average Bonchev–Trinajstić information content (AvgIpc) is 2.80.